The molecule has 0 bridgehead atoms. The van der Waals surface area contributed by atoms with Gasteiger partial charge in [-0.3, -0.25) is 5.10 Å². The molecule has 0 aromatic carbocycles. The highest BCUT2D eigenvalue weighted by Gasteiger charge is 2.07. The molecular formula is C9H10F2N8. The van der Waals surface area contributed by atoms with Crippen LogP contribution in [0.15, 0.2) is 23.1 Å². The smallest absolute Gasteiger partial charge is 0.331 e. The summed E-state index contributed by atoms with van der Waals surface area (Å²) >= 11 is 0. The number of nitrogens with two attached hydrogens (primary N) is 2. The van der Waals surface area contributed by atoms with Crippen LogP contribution in [-0.4, -0.2) is 32.9 Å². The third kappa shape index (κ3) is 2.91. The average Bonchev–Trinajstić information content (AvgIpc) is 2.83. The molecule has 0 fully saturated rings. The lowest BCUT2D eigenvalue weighted by atomic mass is 10.4. The molecule has 0 aliphatic rings. The molecule has 2 aromatic heterocycles. The normalized spacial score (nSPS) is 12.7. The van der Waals surface area contributed by atoms with Crippen LogP contribution >= 0.6 is 0 Å². The maximum absolute atomic E-state index is 11.9. The van der Waals surface area contributed by atoms with Crippen LogP contribution in [0.1, 0.15) is 0 Å². The second kappa shape index (κ2) is 5.25. The number of nitrogens with one attached hydrogen (secondary N) is 2. The maximum Gasteiger partial charge on any atom is 0.331 e. The Balaban J connectivity index is 2.25. The van der Waals surface area contributed by atoms with Crippen LogP contribution in [0.25, 0.3) is 11.0 Å². The van der Waals surface area contributed by atoms with Crippen molar-refractivity contribution in [2.45, 2.75) is 6.55 Å². The fraction of sp³-hybridized carbons (Fsp3) is 0.111. The topological polar surface area (TPSA) is 131 Å². The Morgan fingerprint density at radius 1 is 1.47 bits per heavy atom. The van der Waals surface area contributed by atoms with Crippen molar-refractivity contribution in [3.63, 3.8) is 0 Å². The van der Waals surface area contributed by atoms with Crippen molar-refractivity contribution in [1.82, 2.24) is 20.2 Å². The highest BCUT2D eigenvalue weighted by atomic mass is 19.3. The number of aromatic nitrogens is 4. The van der Waals surface area contributed by atoms with E-state index in [9.17, 15) is 8.78 Å². The van der Waals surface area contributed by atoms with E-state index in [0.29, 0.717) is 11.0 Å². The number of nitrogen functional groups attached to an aromatic ring is 1. The summed E-state index contributed by atoms with van der Waals surface area (Å²) in [6.07, 6.45) is 3.41. The van der Waals surface area contributed by atoms with Gasteiger partial charge in [-0.1, -0.05) is 0 Å². The van der Waals surface area contributed by atoms with Crippen LogP contribution in [0.3, 0.4) is 0 Å². The third-order valence-corrected chi connectivity index (χ3v) is 2.10. The molecule has 0 saturated carbocycles. The molecule has 8 nitrogen and oxygen atoms in total. The number of hydrogen-bond donors (Lipinski definition) is 4. The first kappa shape index (κ1) is 12.7. The molecule has 0 radical (unpaired) electrons. The van der Waals surface area contributed by atoms with Crippen LogP contribution in [-0.2, 0) is 0 Å². The Morgan fingerprint density at radius 3 is 2.95 bits per heavy atom. The molecular weight excluding hydrogens is 258 g/mol. The predicted molar refractivity (Wildman–Crippen MR) is 66.5 cm³/mol. The molecule has 0 amide bonds. The molecule has 0 unspecified atom stereocenters. The summed E-state index contributed by atoms with van der Waals surface area (Å²) in [6.45, 7) is -2.82. The Labute approximate surface area is 105 Å². The van der Waals surface area contributed by atoms with Gasteiger partial charge in [-0.05, 0) is 0 Å². The summed E-state index contributed by atoms with van der Waals surface area (Å²) in [5, 5.41) is 9.55. The zero-order valence-electron chi connectivity index (χ0n) is 9.51. The zero-order chi connectivity index (χ0) is 13.8. The van der Waals surface area contributed by atoms with Gasteiger partial charge in [0, 0.05) is 6.20 Å². The summed E-state index contributed by atoms with van der Waals surface area (Å²) < 4.78 is 23.9. The molecule has 0 saturated heterocycles. The molecule has 0 aliphatic heterocycles. The number of rotatable bonds is 4. The maximum atomic E-state index is 11.9. The van der Waals surface area contributed by atoms with E-state index in [-0.39, 0.29) is 17.5 Å². The van der Waals surface area contributed by atoms with Gasteiger partial charge in [0.15, 0.2) is 5.65 Å². The van der Waals surface area contributed by atoms with E-state index in [1.165, 1.54) is 6.20 Å². The number of halogens is 2. The fourth-order valence-electron chi connectivity index (χ4n) is 1.30. The Kier molecular flexibility index (Phi) is 3.50. The number of allylic oxidation sites excluding steroid dienone is 1. The number of hydrogen-bond acceptors (Lipinski definition) is 7. The SMILES string of the molecule is NC=C(C=NC(F)F)Nc1nc(N)c2cn[nH]c2n1. The van der Waals surface area contributed by atoms with Crippen LogP contribution in [0.5, 0.6) is 0 Å². The van der Waals surface area contributed by atoms with E-state index in [2.05, 4.69) is 30.5 Å². The zero-order valence-corrected chi connectivity index (χ0v) is 9.51. The molecule has 19 heavy (non-hydrogen) atoms. The molecule has 0 atom stereocenters. The lowest BCUT2D eigenvalue weighted by molar-refractivity contribution is 0.160. The Morgan fingerprint density at radius 2 is 2.26 bits per heavy atom. The second-order valence-corrected chi connectivity index (χ2v) is 3.37. The van der Waals surface area contributed by atoms with Crippen LogP contribution < -0.4 is 16.8 Å². The number of anilines is 2. The van der Waals surface area contributed by atoms with Gasteiger partial charge in [0.2, 0.25) is 5.95 Å². The minimum absolute atomic E-state index is 0.0895. The van der Waals surface area contributed by atoms with Crippen molar-refractivity contribution in [2.24, 2.45) is 10.7 Å². The highest BCUT2D eigenvalue weighted by Crippen LogP contribution is 2.17. The molecule has 10 heteroatoms. The highest BCUT2D eigenvalue weighted by molar-refractivity contribution is 5.87. The molecule has 2 rings (SSSR count). The van der Waals surface area contributed by atoms with Crippen molar-refractivity contribution >= 4 is 29.0 Å². The average molecular weight is 268 g/mol. The molecule has 2 heterocycles. The summed E-state index contributed by atoms with van der Waals surface area (Å²) in [7, 11) is 0. The number of fused-ring (bicyclic) bond motifs is 1. The van der Waals surface area contributed by atoms with Crippen molar-refractivity contribution in [3.8, 4) is 0 Å². The standard InChI is InChI=1S/C9H10F2N8/c10-8(11)14-2-4(1-12)16-9-17-6(13)5-3-15-19-7(5)18-9/h1-3,8H,12H2,(H4,13,15,16,17,18,19). The molecule has 100 valence electrons. The van der Waals surface area contributed by atoms with Crippen molar-refractivity contribution in [3.05, 3.63) is 18.1 Å². The van der Waals surface area contributed by atoms with Gasteiger partial charge in [0.1, 0.15) is 5.82 Å². The summed E-state index contributed by atoms with van der Waals surface area (Å²) in [5.41, 5.74) is 11.5. The van der Waals surface area contributed by atoms with Gasteiger partial charge >= 0.3 is 6.55 Å². The fourth-order valence-corrected chi connectivity index (χ4v) is 1.30. The van der Waals surface area contributed by atoms with Crippen LogP contribution in [0.4, 0.5) is 20.5 Å². The monoisotopic (exact) mass is 268 g/mol. The minimum atomic E-state index is -2.82. The first-order chi connectivity index (χ1) is 9.10. The summed E-state index contributed by atoms with van der Waals surface area (Å²) in [4.78, 5) is 10.9. The largest absolute Gasteiger partial charge is 0.403 e. The van der Waals surface area contributed by atoms with E-state index in [0.717, 1.165) is 12.4 Å². The van der Waals surface area contributed by atoms with E-state index >= 15 is 0 Å². The van der Waals surface area contributed by atoms with Gasteiger partial charge in [0.05, 0.1) is 23.5 Å². The van der Waals surface area contributed by atoms with Crippen LogP contribution in [0.2, 0.25) is 0 Å². The number of aliphatic imine (C=N–C) groups is 1. The van der Waals surface area contributed by atoms with Gasteiger partial charge in [-0.25, -0.2) is 4.99 Å². The molecule has 0 aliphatic carbocycles. The van der Waals surface area contributed by atoms with Crippen molar-refractivity contribution in [1.29, 1.82) is 0 Å². The van der Waals surface area contributed by atoms with E-state index in [1.54, 1.807) is 0 Å². The van der Waals surface area contributed by atoms with E-state index in [4.69, 9.17) is 11.5 Å². The van der Waals surface area contributed by atoms with Crippen LogP contribution in [0, 0.1) is 0 Å². The van der Waals surface area contributed by atoms with Gasteiger partial charge < -0.3 is 16.8 Å². The number of H-pyrrole nitrogens is 1. The van der Waals surface area contributed by atoms with E-state index < -0.39 is 6.55 Å². The van der Waals surface area contributed by atoms with Gasteiger partial charge in [-0.15, -0.1) is 0 Å². The van der Waals surface area contributed by atoms with Gasteiger partial charge in [-0.2, -0.15) is 23.8 Å². The molecule has 2 aromatic rings. The quantitative estimate of drug-likeness (QED) is 0.470. The van der Waals surface area contributed by atoms with Crippen molar-refractivity contribution in [2.75, 3.05) is 11.1 Å². The second-order valence-electron chi connectivity index (χ2n) is 3.37. The van der Waals surface area contributed by atoms with Gasteiger partial charge in [0.25, 0.3) is 0 Å². The molecule has 0 spiro atoms. The Bertz CT molecular complexity index is 632. The third-order valence-electron chi connectivity index (χ3n) is 2.10. The lowest BCUT2D eigenvalue weighted by Gasteiger charge is -2.05. The summed E-state index contributed by atoms with van der Waals surface area (Å²) in [5.74, 6) is 0.287. The predicted octanol–water partition coefficient (Wildman–Crippen LogP) is 0.440. The lowest BCUT2D eigenvalue weighted by Crippen LogP contribution is -2.09. The van der Waals surface area contributed by atoms with E-state index in [1.807, 2.05) is 0 Å². The number of aromatic amines is 1. The van der Waals surface area contributed by atoms with Crippen molar-refractivity contribution < 1.29 is 8.78 Å². The minimum Gasteiger partial charge on any atom is -0.403 e. The number of alkyl halides is 2. The Hall–Kier alpha value is -2.78. The first-order valence-corrected chi connectivity index (χ1v) is 5.07. The first-order valence-electron chi connectivity index (χ1n) is 5.07. The number of nitrogens with zero attached hydrogens (tertiary/aromatic N) is 4. The molecule has 6 N–H and O–H groups in total. The summed E-state index contributed by atoms with van der Waals surface area (Å²) in [6, 6.07) is 0.